The SMILES string of the molecule is CCCCCNC(=O)C(c1cccc(O)c1)N(CCCCC)C(=O)C(NC(=O)OC(C)(C)C)C(C)C. The molecule has 0 spiro atoms. The van der Waals surface area contributed by atoms with Crippen LogP contribution >= 0.6 is 0 Å². The molecule has 0 fully saturated rings. The molecule has 3 amide bonds. The Kier molecular flexibility index (Phi) is 13.3. The number of carbonyl (C=O) groups excluding carboxylic acids is 3. The lowest BCUT2D eigenvalue weighted by molar-refractivity contribution is -0.143. The number of amides is 3. The summed E-state index contributed by atoms with van der Waals surface area (Å²) in [5.74, 6) is -0.883. The molecule has 0 saturated carbocycles. The first-order chi connectivity index (χ1) is 16.9. The number of carbonyl (C=O) groups is 3. The van der Waals surface area contributed by atoms with Crippen molar-refractivity contribution in [1.82, 2.24) is 15.5 Å². The Bertz CT molecular complexity index is 835. The molecule has 36 heavy (non-hydrogen) atoms. The highest BCUT2D eigenvalue weighted by Crippen LogP contribution is 2.27. The first kappa shape index (κ1) is 31.3. The maximum atomic E-state index is 14.0. The van der Waals surface area contributed by atoms with E-state index in [1.807, 2.05) is 13.8 Å². The predicted molar refractivity (Wildman–Crippen MR) is 143 cm³/mol. The Balaban J connectivity index is 3.38. The predicted octanol–water partition coefficient (Wildman–Crippen LogP) is 5.31. The fourth-order valence-electron chi connectivity index (χ4n) is 3.88. The van der Waals surface area contributed by atoms with Crippen LogP contribution in [-0.2, 0) is 14.3 Å². The number of aromatic hydroxyl groups is 1. The van der Waals surface area contributed by atoms with Gasteiger partial charge in [0.2, 0.25) is 11.8 Å². The van der Waals surface area contributed by atoms with Gasteiger partial charge in [0.15, 0.2) is 0 Å². The molecular formula is C28H47N3O5. The van der Waals surface area contributed by atoms with Gasteiger partial charge >= 0.3 is 6.09 Å². The molecule has 1 rings (SSSR count). The topological polar surface area (TPSA) is 108 Å². The third kappa shape index (κ3) is 10.9. The molecule has 0 saturated heterocycles. The van der Waals surface area contributed by atoms with Gasteiger partial charge in [-0.2, -0.15) is 0 Å². The van der Waals surface area contributed by atoms with Gasteiger partial charge < -0.3 is 25.4 Å². The van der Waals surface area contributed by atoms with Crippen LogP contribution in [0.4, 0.5) is 4.79 Å². The number of hydrogen-bond donors (Lipinski definition) is 3. The molecule has 1 aromatic carbocycles. The lowest BCUT2D eigenvalue weighted by Gasteiger charge is -2.35. The Hall–Kier alpha value is -2.77. The number of phenolic OH excluding ortho intramolecular Hbond substituents is 1. The number of ether oxygens (including phenoxy) is 1. The first-order valence-electron chi connectivity index (χ1n) is 13.3. The molecule has 0 aliphatic rings. The standard InChI is InChI=1S/C28H47N3O5/c1-8-10-12-17-29-25(33)24(21-15-14-16-22(32)19-21)31(18-13-11-9-2)26(34)23(20(3)4)30-27(35)36-28(5,6)7/h14-16,19-20,23-24,32H,8-13,17-18H2,1-7H3,(H,29,33)(H,30,35). The van der Waals surface area contributed by atoms with E-state index in [1.165, 1.54) is 12.1 Å². The van der Waals surface area contributed by atoms with Crippen molar-refractivity contribution in [2.45, 2.75) is 105 Å². The number of hydrogen-bond acceptors (Lipinski definition) is 5. The highest BCUT2D eigenvalue weighted by molar-refractivity contribution is 5.92. The number of unbranched alkanes of at least 4 members (excludes halogenated alkanes) is 4. The van der Waals surface area contributed by atoms with Crippen LogP contribution < -0.4 is 10.6 Å². The van der Waals surface area contributed by atoms with E-state index in [0.717, 1.165) is 32.1 Å². The summed E-state index contributed by atoms with van der Waals surface area (Å²) in [5.41, 5.74) is -0.189. The summed E-state index contributed by atoms with van der Waals surface area (Å²) < 4.78 is 5.40. The molecular weight excluding hydrogens is 458 g/mol. The fourth-order valence-corrected chi connectivity index (χ4v) is 3.88. The molecule has 0 bridgehead atoms. The molecule has 1 aromatic rings. The smallest absolute Gasteiger partial charge is 0.408 e. The van der Waals surface area contributed by atoms with E-state index in [9.17, 15) is 19.5 Å². The van der Waals surface area contributed by atoms with Crippen LogP contribution in [0.3, 0.4) is 0 Å². The van der Waals surface area contributed by atoms with E-state index in [-0.39, 0.29) is 23.5 Å². The summed E-state index contributed by atoms with van der Waals surface area (Å²) in [6.45, 7) is 14.0. The van der Waals surface area contributed by atoms with Crippen LogP contribution in [0, 0.1) is 5.92 Å². The number of benzene rings is 1. The third-order valence-electron chi connectivity index (χ3n) is 5.72. The van der Waals surface area contributed by atoms with Crippen LogP contribution in [0.2, 0.25) is 0 Å². The van der Waals surface area contributed by atoms with Crippen molar-refractivity contribution in [1.29, 1.82) is 0 Å². The van der Waals surface area contributed by atoms with E-state index >= 15 is 0 Å². The highest BCUT2D eigenvalue weighted by atomic mass is 16.6. The molecule has 0 heterocycles. The molecule has 3 N–H and O–H groups in total. The van der Waals surface area contributed by atoms with E-state index in [2.05, 4.69) is 24.5 Å². The van der Waals surface area contributed by atoms with Gasteiger partial charge in [0.05, 0.1) is 0 Å². The molecule has 2 unspecified atom stereocenters. The number of nitrogens with one attached hydrogen (secondary N) is 2. The normalized spacial score (nSPS) is 13.1. The number of rotatable bonds is 14. The molecule has 0 aliphatic heterocycles. The fraction of sp³-hybridized carbons (Fsp3) is 0.679. The molecule has 8 nitrogen and oxygen atoms in total. The maximum absolute atomic E-state index is 14.0. The van der Waals surface area contributed by atoms with Gasteiger partial charge in [-0.15, -0.1) is 0 Å². The molecule has 204 valence electrons. The molecule has 0 aromatic heterocycles. The van der Waals surface area contributed by atoms with Gasteiger partial charge in [0.25, 0.3) is 0 Å². The first-order valence-corrected chi connectivity index (χ1v) is 13.3. The van der Waals surface area contributed by atoms with Crippen molar-refractivity contribution in [3.05, 3.63) is 29.8 Å². The average molecular weight is 506 g/mol. The monoisotopic (exact) mass is 505 g/mol. The second-order valence-electron chi connectivity index (χ2n) is 10.6. The minimum absolute atomic E-state index is 0.0181. The van der Waals surface area contributed by atoms with Gasteiger partial charge in [0, 0.05) is 13.1 Å². The minimum atomic E-state index is -0.940. The number of alkyl carbamates (subject to hydrolysis) is 1. The second-order valence-corrected chi connectivity index (χ2v) is 10.6. The van der Waals surface area contributed by atoms with Crippen molar-refractivity contribution in [2.75, 3.05) is 13.1 Å². The highest BCUT2D eigenvalue weighted by Gasteiger charge is 2.37. The van der Waals surface area contributed by atoms with Gasteiger partial charge in [-0.25, -0.2) is 4.79 Å². The minimum Gasteiger partial charge on any atom is -0.508 e. The summed E-state index contributed by atoms with van der Waals surface area (Å²) in [6.07, 6.45) is 4.73. The summed E-state index contributed by atoms with van der Waals surface area (Å²) in [6, 6.07) is 4.63. The van der Waals surface area contributed by atoms with Crippen LogP contribution in [-0.4, -0.2) is 52.6 Å². The zero-order chi connectivity index (χ0) is 27.3. The Morgan fingerprint density at radius 2 is 1.67 bits per heavy atom. The van der Waals surface area contributed by atoms with Gasteiger partial charge in [-0.05, 0) is 57.2 Å². The number of phenols is 1. The van der Waals surface area contributed by atoms with Crippen molar-refractivity contribution < 1.29 is 24.2 Å². The molecule has 0 aliphatic carbocycles. The van der Waals surface area contributed by atoms with E-state index in [1.54, 1.807) is 37.8 Å². The lowest BCUT2D eigenvalue weighted by Crippen LogP contribution is -2.55. The second kappa shape index (κ2) is 15.4. The largest absolute Gasteiger partial charge is 0.508 e. The Morgan fingerprint density at radius 1 is 1.03 bits per heavy atom. The van der Waals surface area contributed by atoms with Crippen LogP contribution in [0.1, 0.15) is 98.6 Å². The Morgan fingerprint density at radius 3 is 2.22 bits per heavy atom. The van der Waals surface area contributed by atoms with Crippen LogP contribution in [0.15, 0.2) is 24.3 Å². The summed E-state index contributed by atoms with van der Waals surface area (Å²) in [5, 5.41) is 15.8. The maximum Gasteiger partial charge on any atom is 0.408 e. The summed E-state index contributed by atoms with van der Waals surface area (Å²) in [7, 11) is 0. The molecule has 8 heteroatoms. The number of nitrogens with zero attached hydrogens (tertiary/aromatic N) is 1. The van der Waals surface area contributed by atoms with Crippen molar-refractivity contribution in [2.24, 2.45) is 5.92 Å². The van der Waals surface area contributed by atoms with Crippen LogP contribution in [0.5, 0.6) is 5.75 Å². The molecule has 0 radical (unpaired) electrons. The van der Waals surface area contributed by atoms with E-state index in [0.29, 0.717) is 25.1 Å². The van der Waals surface area contributed by atoms with E-state index < -0.39 is 23.8 Å². The summed E-state index contributed by atoms with van der Waals surface area (Å²) in [4.78, 5) is 41.6. The Labute approximate surface area is 217 Å². The van der Waals surface area contributed by atoms with Gasteiger partial charge in [-0.1, -0.05) is 65.5 Å². The van der Waals surface area contributed by atoms with Crippen molar-refractivity contribution in [3.8, 4) is 5.75 Å². The zero-order valence-electron chi connectivity index (χ0n) is 23.2. The van der Waals surface area contributed by atoms with E-state index in [4.69, 9.17) is 4.74 Å². The van der Waals surface area contributed by atoms with Gasteiger partial charge in [-0.3, -0.25) is 9.59 Å². The lowest BCUT2D eigenvalue weighted by atomic mass is 9.98. The van der Waals surface area contributed by atoms with Gasteiger partial charge in [0.1, 0.15) is 23.4 Å². The summed E-state index contributed by atoms with van der Waals surface area (Å²) >= 11 is 0. The average Bonchev–Trinajstić information content (AvgIpc) is 2.78. The molecule has 2 atom stereocenters. The zero-order valence-corrected chi connectivity index (χ0v) is 23.2. The van der Waals surface area contributed by atoms with Crippen molar-refractivity contribution in [3.63, 3.8) is 0 Å². The quantitative estimate of drug-likeness (QED) is 0.297. The van der Waals surface area contributed by atoms with Crippen molar-refractivity contribution >= 4 is 17.9 Å². The third-order valence-corrected chi connectivity index (χ3v) is 5.72. The van der Waals surface area contributed by atoms with Crippen LogP contribution in [0.25, 0.3) is 0 Å².